The first-order valence-corrected chi connectivity index (χ1v) is 13.4. The fourth-order valence-corrected chi connectivity index (χ4v) is 0.734. The summed E-state index contributed by atoms with van der Waals surface area (Å²) in [5, 5.41) is 1.62. The molecule has 9 heteroatoms. The Morgan fingerprint density at radius 2 is 1.94 bits per heavy atom. The van der Waals surface area contributed by atoms with Gasteiger partial charge in [0.1, 0.15) is 0 Å². The van der Waals surface area contributed by atoms with Gasteiger partial charge in [-0.3, -0.25) is 9.59 Å². The van der Waals surface area contributed by atoms with Crippen LogP contribution < -0.4 is 5.32 Å². The first kappa shape index (κ1) is 19.4. The predicted octanol–water partition coefficient (Wildman–Crippen LogP) is 1.70. The van der Waals surface area contributed by atoms with Crippen LogP contribution in [0, 0.1) is 6.92 Å². The number of ether oxygens (including phenoxy) is 1. The molecule has 96 valence electrons. The first-order chi connectivity index (χ1) is 7.77. The van der Waals surface area contributed by atoms with E-state index < -0.39 is 24.1 Å². The van der Waals surface area contributed by atoms with E-state index in [9.17, 15) is 22.8 Å². The van der Waals surface area contributed by atoms with Crippen LogP contribution in [0.3, 0.4) is 0 Å². The van der Waals surface area contributed by atoms with Crippen LogP contribution in [-0.4, -0.2) is 31.2 Å². The Morgan fingerprint density at radius 1 is 1.47 bits per heavy atom. The van der Waals surface area contributed by atoms with E-state index in [1.165, 1.54) is 14.8 Å². The number of hydrogen-bond donors (Lipinski definition) is 1. The third kappa shape index (κ3) is 10.9. The summed E-state index contributed by atoms with van der Waals surface area (Å²) in [5.74, 6) is -2.63. The molecule has 0 aromatic carbocycles. The van der Waals surface area contributed by atoms with Crippen LogP contribution in [0.1, 0.15) is 12.8 Å². The standard InChI is InChI=1S/C8H11F3NO3.HI.Zn/c1-5(3-4-6(13)15-2)12-7(14)8(9,10)11;;/h5H,1,3-4H2,2H3,(H,12,14);1H;/q-1;;+2/p-1/t5-;;/m1../s1. The Balaban J connectivity index is 0. The van der Waals surface area contributed by atoms with Gasteiger partial charge >= 0.3 is 52.6 Å². The van der Waals surface area contributed by atoms with Crippen LogP contribution >= 0.6 is 19.8 Å². The molecule has 0 fully saturated rings. The first-order valence-electron chi connectivity index (χ1n) is 4.31. The van der Waals surface area contributed by atoms with Gasteiger partial charge in [0, 0.05) is 6.42 Å². The molecule has 0 rings (SSSR count). The van der Waals surface area contributed by atoms with Crippen molar-refractivity contribution in [1.29, 1.82) is 0 Å². The number of halogens is 4. The molecule has 0 unspecified atom stereocenters. The minimum absolute atomic E-state index is 0.00546. The summed E-state index contributed by atoms with van der Waals surface area (Å²) in [5.41, 5.74) is 0. The molecule has 0 bridgehead atoms. The maximum atomic E-state index is 11.7. The summed E-state index contributed by atoms with van der Waals surface area (Å²) >= 11 is 3.62. The summed E-state index contributed by atoms with van der Waals surface area (Å²) < 4.78 is 39.5. The van der Waals surface area contributed by atoms with Crippen LogP contribution in [0.5, 0.6) is 0 Å². The average molecular weight is 418 g/mol. The molecule has 0 saturated heterocycles. The monoisotopic (exact) mass is 417 g/mol. The summed E-state index contributed by atoms with van der Waals surface area (Å²) in [7, 11) is 1.16. The van der Waals surface area contributed by atoms with E-state index in [4.69, 9.17) is 0 Å². The molecule has 17 heavy (non-hydrogen) atoms. The summed E-state index contributed by atoms with van der Waals surface area (Å²) in [6.07, 6.45) is -5.03. The van der Waals surface area contributed by atoms with E-state index in [1.54, 1.807) is 5.32 Å². The number of nitrogens with one attached hydrogen (secondary N) is 1. The fourth-order valence-electron chi connectivity index (χ4n) is 0.734. The van der Waals surface area contributed by atoms with Gasteiger partial charge in [0.05, 0.1) is 7.11 Å². The molecule has 0 saturated carbocycles. The van der Waals surface area contributed by atoms with Gasteiger partial charge in [0.25, 0.3) is 0 Å². The molecule has 0 heterocycles. The van der Waals surface area contributed by atoms with Gasteiger partial charge in [-0.05, 0) is 0 Å². The predicted molar refractivity (Wildman–Crippen MR) is 58.6 cm³/mol. The van der Waals surface area contributed by atoms with E-state index in [0.717, 1.165) is 7.11 Å². The number of methoxy groups -OCH3 is 1. The van der Waals surface area contributed by atoms with Gasteiger partial charge < -0.3 is 17.0 Å². The second-order valence-electron chi connectivity index (χ2n) is 2.78. The SMILES string of the molecule is [CH2-][C@H](CCC(=O)OC)NC(=O)C(F)(F)F.[Zn+][I]. The average Bonchev–Trinajstić information content (AvgIpc) is 2.27. The molecule has 1 atom stereocenters. The second-order valence-corrected chi connectivity index (χ2v) is 2.78. The molecule has 0 aromatic heterocycles. The number of alkyl halides is 3. The molecule has 0 radical (unpaired) electrons. The molecule has 0 aromatic rings. The van der Waals surface area contributed by atoms with Crippen LogP contribution in [0.25, 0.3) is 0 Å². The number of amides is 1. The zero-order valence-corrected chi connectivity index (χ0v) is 14.3. The van der Waals surface area contributed by atoms with Gasteiger partial charge in [0.15, 0.2) is 0 Å². The van der Waals surface area contributed by atoms with Crippen molar-refractivity contribution >= 4 is 31.6 Å². The van der Waals surface area contributed by atoms with Crippen molar-refractivity contribution in [3.63, 3.8) is 0 Å². The topological polar surface area (TPSA) is 55.4 Å². The van der Waals surface area contributed by atoms with Crippen molar-refractivity contribution in [3.8, 4) is 0 Å². The van der Waals surface area contributed by atoms with E-state index in [0.29, 0.717) is 0 Å². The molecule has 0 aliphatic rings. The van der Waals surface area contributed by atoms with Gasteiger partial charge in [-0.25, -0.2) is 0 Å². The third-order valence-electron chi connectivity index (χ3n) is 1.52. The molecule has 0 aliphatic heterocycles. The quantitative estimate of drug-likeness (QED) is 0.327. The Bertz CT molecular complexity index is 251. The van der Waals surface area contributed by atoms with Gasteiger partial charge in [-0.15, -0.1) is 0 Å². The molecule has 0 spiro atoms. The Hall–Kier alpha value is 0.0834. The van der Waals surface area contributed by atoms with Crippen LogP contribution in [0.15, 0.2) is 0 Å². The molecular weight excluding hydrogens is 407 g/mol. The van der Waals surface area contributed by atoms with E-state index >= 15 is 0 Å². The fraction of sp³-hybridized carbons (Fsp3) is 0.625. The minimum atomic E-state index is -4.93. The van der Waals surface area contributed by atoms with Crippen molar-refractivity contribution < 1.29 is 42.3 Å². The number of hydrogen-bond acceptors (Lipinski definition) is 3. The van der Waals surface area contributed by atoms with Crippen molar-refractivity contribution in [3.05, 3.63) is 6.92 Å². The molecule has 1 N–H and O–H groups in total. The van der Waals surface area contributed by atoms with Crippen molar-refractivity contribution in [1.82, 2.24) is 5.32 Å². The van der Waals surface area contributed by atoms with Gasteiger partial charge in [0.2, 0.25) is 0 Å². The van der Waals surface area contributed by atoms with E-state index in [1.807, 2.05) is 0 Å². The Labute approximate surface area is 118 Å². The van der Waals surface area contributed by atoms with Crippen molar-refractivity contribution in [2.45, 2.75) is 25.1 Å². The Morgan fingerprint density at radius 3 is 2.29 bits per heavy atom. The van der Waals surface area contributed by atoms with Crippen molar-refractivity contribution in [2.24, 2.45) is 0 Å². The van der Waals surface area contributed by atoms with E-state index in [-0.39, 0.29) is 12.8 Å². The zero-order valence-electron chi connectivity index (χ0n) is 9.14. The number of carbonyl (C=O) groups excluding carboxylic acids is 2. The second kappa shape index (κ2) is 10.0. The van der Waals surface area contributed by atoms with Crippen LogP contribution in [0.4, 0.5) is 13.2 Å². The maximum absolute atomic E-state index is 11.7. The normalized spacial score (nSPS) is 12.0. The van der Waals surface area contributed by atoms with Crippen molar-refractivity contribution in [2.75, 3.05) is 7.11 Å². The summed E-state index contributed by atoms with van der Waals surface area (Å²) in [4.78, 5) is 21.0. The summed E-state index contributed by atoms with van der Waals surface area (Å²) in [6, 6.07) is -0.974. The zero-order chi connectivity index (χ0) is 14.1. The van der Waals surface area contributed by atoms with Gasteiger partial charge in [-0.2, -0.15) is 13.2 Å². The molecule has 1 amide bonds. The number of esters is 1. The number of rotatable bonds is 4. The summed E-state index contributed by atoms with van der Waals surface area (Å²) in [6.45, 7) is 3.26. The van der Waals surface area contributed by atoms with Crippen LogP contribution in [0.2, 0.25) is 0 Å². The number of carbonyl (C=O) groups is 2. The third-order valence-corrected chi connectivity index (χ3v) is 1.52. The van der Waals surface area contributed by atoms with Crippen LogP contribution in [-0.2, 0) is 29.1 Å². The molecule has 4 nitrogen and oxygen atoms in total. The molecular formula is C8H11F3INO3Zn. The van der Waals surface area contributed by atoms with E-state index in [2.05, 4.69) is 31.4 Å². The van der Waals surface area contributed by atoms with Gasteiger partial charge in [-0.1, -0.05) is 12.5 Å². The molecule has 0 aliphatic carbocycles. The Kier molecular flexibility index (Phi) is 11.5.